The average Bonchev–Trinajstić information content (AvgIpc) is 2.53. The van der Waals surface area contributed by atoms with Gasteiger partial charge in [-0.3, -0.25) is 8.93 Å². The molecule has 11 heteroatoms. The Morgan fingerprint density at radius 3 is 2.26 bits per heavy atom. The third-order valence-electron chi connectivity index (χ3n) is 3.38. The minimum atomic E-state index is -4.82. The Morgan fingerprint density at radius 2 is 1.70 bits per heavy atom. The summed E-state index contributed by atoms with van der Waals surface area (Å²) in [6.45, 7) is 3.36. The second-order valence-corrected chi connectivity index (χ2v) is 10.2. The van der Waals surface area contributed by atoms with Crippen LogP contribution in [-0.4, -0.2) is 17.9 Å². The van der Waals surface area contributed by atoms with Crippen molar-refractivity contribution in [1.29, 1.82) is 0 Å². The fraction of sp³-hybridized carbons (Fsp3) is 0.250. The van der Waals surface area contributed by atoms with Gasteiger partial charge in [0.05, 0.1) is 36.9 Å². The van der Waals surface area contributed by atoms with Crippen molar-refractivity contribution in [3.05, 3.63) is 52.0 Å². The van der Waals surface area contributed by atoms with Crippen molar-refractivity contribution in [3.8, 4) is 0 Å². The van der Waals surface area contributed by atoms with E-state index in [9.17, 15) is 25.8 Å². The topological polar surface area (TPSA) is 63.2 Å². The molecule has 0 radical (unpaired) electrons. The normalized spacial score (nSPS) is 13.6. The van der Waals surface area contributed by atoms with Gasteiger partial charge in [-0.15, -0.1) is 0 Å². The molecular formula is C16H14Cl2F3NO3S2. The average molecular weight is 460 g/mol. The van der Waals surface area contributed by atoms with Crippen molar-refractivity contribution < 1.29 is 25.8 Å². The van der Waals surface area contributed by atoms with Crippen LogP contribution in [0.2, 0.25) is 10.0 Å². The number of nitrogens with one attached hydrogen (secondary N) is 1. The number of hydrogen-bond donors (Lipinski definition) is 1. The van der Waals surface area contributed by atoms with Crippen LogP contribution in [0, 0.1) is 0 Å². The molecule has 2 aromatic rings. The van der Waals surface area contributed by atoms with Crippen molar-refractivity contribution in [3.63, 3.8) is 0 Å². The van der Waals surface area contributed by atoms with Crippen LogP contribution in [0.1, 0.15) is 19.4 Å². The van der Waals surface area contributed by atoms with E-state index in [1.165, 1.54) is 18.2 Å². The Morgan fingerprint density at radius 1 is 1.07 bits per heavy atom. The SMILES string of the molecule is CC(C)S(=O)c1ccc(Cl)cc1NS(=O)(=O)c1ccc(Cl)c(C(F)(F)F)c1. The number of halogens is 5. The van der Waals surface area contributed by atoms with Gasteiger partial charge in [-0.1, -0.05) is 37.0 Å². The second kappa shape index (κ2) is 7.98. The third kappa shape index (κ3) is 5.16. The molecule has 1 unspecified atom stereocenters. The molecule has 0 bridgehead atoms. The molecule has 2 aromatic carbocycles. The minimum Gasteiger partial charge on any atom is -0.278 e. The van der Waals surface area contributed by atoms with Crippen LogP contribution in [0.5, 0.6) is 0 Å². The van der Waals surface area contributed by atoms with E-state index in [1.54, 1.807) is 13.8 Å². The molecule has 0 saturated heterocycles. The van der Waals surface area contributed by atoms with Crippen LogP contribution in [0.4, 0.5) is 18.9 Å². The van der Waals surface area contributed by atoms with Crippen LogP contribution in [-0.2, 0) is 27.0 Å². The summed E-state index contributed by atoms with van der Waals surface area (Å²) in [5, 5.41) is -0.767. The minimum absolute atomic E-state index is 0.0713. The van der Waals surface area contributed by atoms with Gasteiger partial charge in [0.25, 0.3) is 10.0 Å². The van der Waals surface area contributed by atoms with Gasteiger partial charge in [0.15, 0.2) is 0 Å². The summed E-state index contributed by atoms with van der Waals surface area (Å²) >= 11 is 11.4. The van der Waals surface area contributed by atoms with Gasteiger partial charge < -0.3 is 0 Å². The summed E-state index contributed by atoms with van der Waals surface area (Å²) in [6.07, 6.45) is -4.82. The molecule has 148 valence electrons. The lowest BCUT2D eigenvalue weighted by molar-refractivity contribution is -0.137. The number of alkyl halides is 3. The maximum Gasteiger partial charge on any atom is 0.417 e. The second-order valence-electron chi connectivity index (χ2n) is 5.73. The Bertz CT molecular complexity index is 993. The van der Waals surface area contributed by atoms with Crippen molar-refractivity contribution in [2.75, 3.05) is 4.72 Å². The van der Waals surface area contributed by atoms with Gasteiger partial charge in [-0.2, -0.15) is 13.2 Å². The summed E-state index contributed by atoms with van der Waals surface area (Å²) in [7, 11) is -5.97. The zero-order valence-corrected chi connectivity index (χ0v) is 17.1. The summed E-state index contributed by atoms with van der Waals surface area (Å²) < 4.78 is 78.7. The van der Waals surface area contributed by atoms with E-state index >= 15 is 0 Å². The largest absolute Gasteiger partial charge is 0.417 e. The molecule has 1 atom stereocenters. The van der Waals surface area contributed by atoms with Crippen molar-refractivity contribution in [2.24, 2.45) is 0 Å². The molecule has 27 heavy (non-hydrogen) atoms. The van der Waals surface area contributed by atoms with Gasteiger partial charge in [-0.05, 0) is 36.4 Å². The molecule has 0 spiro atoms. The predicted molar refractivity (Wildman–Crippen MR) is 100 cm³/mol. The fourth-order valence-corrected chi connectivity index (χ4v) is 4.70. The zero-order chi connectivity index (χ0) is 20.6. The highest BCUT2D eigenvalue weighted by Crippen LogP contribution is 2.36. The van der Waals surface area contributed by atoms with E-state index in [1.807, 2.05) is 0 Å². The van der Waals surface area contributed by atoms with E-state index in [4.69, 9.17) is 23.2 Å². The highest BCUT2D eigenvalue weighted by atomic mass is 35.5. The molecule has 0 saturated carbocycles. The molecule has 0 aliphatic carbocycles. The summed E-state index contributed by atoms with van der Waals surface area (Å²) in [5.74, 6) is 0. The summed E-state index contributed by atoms with van der Waals surface area (Å²) in [5.41, 5.74) is -1.35. The van der Waals surface area contributed by atoms with Crippen molar-refractivity contribution >= 4 is 49.7 Å². The van der Waals surface area contributed by atoms with E-state index in [0.717, 1.165) is 12.1 Å². The van der Waals surface area contributed by atoms with E-state index < -0.39 is 42.5 Å². The molecular weight excluding hydrogens is 446 g/mol. The molecule has 0 aromatic heterocycles. The highest BCUT2D eigenvalue weighted by Gasteiger charge is 2.34. The first kappa shape index (κ1) is 22.0. The van der Waals surface area contributed by atoms with Crippen LogP contribution in [0.25, 0.3) is 0 Å². The van der Waals surface area contributed by atoms with Gasteiger partial charge in [0.2, 0.25) is 0 Å². The maximum atomic E-state index is 13.0. The van der Waals surface area contributed by atoms with Crippen LogP contribution < -0.4 is 4.72 Å². The first-order valence-corrected chi connectivity index (χ1v) is 10.9. The molecule has 4 nitrogen and oxygen atoms in total. The van der Waals surface area contributed by atoms with Crippen molar-refractivity contribution in [2.45, 2.75) is 35.1 Å². The van der Waals surface area contributed by atoms with E-state index in [0.29, 0.717) is 6.07 Å². The predicted octanol–water partition coefficient (Wildman–Crippen LogP) is 5.33. The Kier molecular flexibility index (Phi) is 6.51. The van der Waals surface area contributed by atoms with Gasteiger partial charge >= 0.3 is 6.18 Å². The first-order chi connectivity index (χ1) is 12.3. The smallest absolute Gasteiger partial charge is 0.278 e. The van der Waals surface area contributed by atoms with E-state index in [2.05, 4.69) is 4.72 Å². The van der Waals surface area contributed by atoms with Gasteiger partial charge in [0.1, 0.15) is 0 Å². The van der Waals surface area contributed by atoms with Crippen LogP contribution >= 0.6 is 23.2 Å². The summed E-state index contributed by atoms with van der Waals surface area (Å²) in [6, 6.07) is 6.33. The number of anilines is 1. The Hall–Kier alpha value is -1.29. The lowest BCUT2D eigenvalue weighted by Crippen LogP contribution is -2.17. The van der Waals surface area contributed by atoms with Crippen LogP contribution in [0.15, 0.2) is 46.2 Å². The number of hydrogen-bond acceptors (Lipinski definition) is 3. The molecule has 0 amide bonds. The zero-order valence-electron chi connectivity index (χ0n) is 14.0. The fourth-order valence-electron chi connectivity index (χ4n) is 2.10. The maximum absolute atomic E-state index is 13.0. The summed E-state index contributed by atoms with van der Waals surface area (Å²) in [4.78, 5) is -0.469. The number of sulfonamides is 1. The van der Waals surface area contributed by atoms with Crippen molar-refractivity contribution in [1.82, 2.24) is 0 Å². The molecule has 0 fully saturated rings. The van der Waals surface area contributed by atoms with E-state index in [-0.39, 0.29) is 20.9 Å². The quantitative estimate of drug-likeness (QED) is 0.656. The van der Waals surface area contributed by atoms with Crippen LogP contribution in [0.3, 0.4) is 0 Å². The number of benzene rings is 2. The molecule has 0 aliphatic rings. The van der Waals surface area contributed by atoms with Gasteiger partial charge in [-0.25, -0.2) is 8.42 Å². The molecule has 1 N–H and O–H groups in total. The molecule has 0 heterocycles. The lowest BCUT2D eigenvalue weighted by Gasteiger charge is -2.15. The standard InChI is InChI=1S/C16H14Cl2F3NO3S2/c1-9(2)26(23)15-6-3-10(17)7-14(15)22-27(24,25)11-4-5-13(18)12(8-11)16(19,20)21/h3-9,22H,1-2H3. The third-order valence-corrected chi connectivity index (χ3v) is 6.96. The lowest BCUT2D eigenvalue weighted by atomic mass is 10.2. The Labute approximate surface area is 167 Å². The number of rotatable bonds is 5. The monoisotopic (exact) mass is 459 g/mol. The molecule has 2 rings (SSSR count). The Balaban J connectivity index is 2.52. The van der Waals surface area contributed by atoms with Gasteiger partial charge in [0, 0.05) is 10.3 Å². The molecule has 0 aliphatic heterocycles. The first-order valence-electron chi connectivity index (χ1n) is 7.42. The highest BCUT2D eigenvalue weighted by molar-refractivity contribution is 7.93.